The summed E-state index contributed by atoms with van der Waals surface area (Å²) in [6.45, 7) is 3.37. The zero-order valence-electron chi connectivity index (χ0n) is 18.3. The Kier molecular flexibility index (Phi) is 6.07. The van der Waals surface area contributed by atoms with E-state index in [9.17, 15) is 9.90 Å². The zero-order valence-corrected chi connectivity index (χ0v) is 19.8. The quantitative estimate of drug-likeness (QED) is 0.538. The lowest BCUT2D eigenvalue weighted by atomic mass is 10.2. The van der Waals surface area contributed by atoms with Crippen LogP contribution in [-0.4, -0.2) is 54.5 Å². The molecule has 2 aliphatic heterocycles. The number of morpholine rings is 1. The number of phenolic OH excluding ortho intramolecular Hbond substituents is 1. The predicted octanol–water partition coefficient (Wildman–Crippen LogP) is 4.65. The van der Waals surface area contributed by atoms with Crippen molar-refractivity contribution < 1.29 is 14.6 Å². The van der Waals surface area contributed by atoms with Gasteiger partial charge >= 0.3 is 6.03 Å². The van der Waals surface area contributed by atoms with Crippen molar-refractivity contribution in [2.24, 2.45) is 0 Å². The fourth-order valence-corrected chi connectivity index (χ4v) is 4.60. The lowest BCUT2D eigenvalue weighted by molar-refractivity contribution is 0.122. The molecule has 5 rings (SSSR count). The van der Waals surface area contributed by atoms with Crippen LogP contribution >= 0.6 is 23.2 Å². The van der Waals surface area contributed by atoms with Gasteiger partial charge in [0.1, 0.15) is 16.6 Å². The Hall–Kier alpha value is -3.27. The number of amides is 2. The van der Waals surface area contributed by atoms with Gasteiger partial charge in [-0.25, -0.2) is 9.78 Å². The number of hydrogen-bond acceptors (Lipinski definition) is 7. The topological polar surface area (TPSA) is 94.1 Å². The highest BCUT2D eigenvalue weighted by molar-refractivity contribution is 6.41. The number of urea groups is 1. The molecule has 0 bridgehead atoms. The molecule has 2 aliphatic rings. The van der Waals surface area contributed by atoms with E-state index in [0.29, 0.717) is 17.3 Å². The van der Waals surface area contributed by atoms with Crippen LogP contribution in [0.5, 0.6) is 5.75 Å². The molecular weight excluding hydrogens is 479 g/mol. The first-order valence-corrected chi connectivity index (χ1v) is 11.5. The minimum Gasteiger partial charge on any atom is -0.506 e. The molecule has 0 atom stereocenters. The Labute approximate surface area is 206 Å². The number of anilines is 5. The largest absolute Gasteiger partial charge is 0.506 e. The number of fused-ring (bicyclic) bond motifs is 1. The molecule has 11 heteroatoms. The minimum atomic E-state index is -0.374. The van der Waals surface area contributed by atoms with Gasteiger partial charge in [0.25, 0.3) is 0 Å². The summed E-state index contributed by atoms with van der Waals surface area (Å²) in [7, 11) is 1.62. The second-order valence-corrected chi connectivity index (χ2v) is 8.76. The van der Waals surface area contributed by atoms with Crippen LogP contribution in [0.1, 0.15) is 5.56 Å². The molecule has 1 fully saturated rings. The molecule has 1 saturated heterocycles. The summed E-state index contributed by atoms with van der Waals surface area (Å²) in [5.41, 5.74) is 2.93. The van der Waals surface area contributed by atoms with E-state index in [-0.39, 0.29) is 34.1 Å². The summed E-state index contributed by atoms with van der Waals surface area (Å²) in [5, 5.41) is 13.5. The number of aromatic hydroxyl groups is 1. The van der Waals surface area contributed by atoms with Gasteiger partial charge in [-0.05, 0) is 36.4 Å². The van der Waals surface area contributed by atoms with E-state index in [1.54, 1.807) is 13.2 Å². The Bertz CT molecular complexity index is 1230. The summed E-state index contributed by atoms with van der Waals surface area (Å²) >= 11 is 12.5. The van der Waals surface area contributed by atoms with Crippen LogP contribution in [-0.2, 0) is 11.3 Å². The first-order chi connectivity index (χ1) is 16.4. The molecule has 0 saturated carbocycles. The van der Waals surface area contributed by atoms with Crippen LogP contribution in [0.15, 0.2) is 42.6 Å². The number of rotatable bonds is 4. The molecule has 0 aliphatic carbocycles. The van der Waals surface area contributed by atoms with Gasteiger partial charge in [0, 0.05) is 43.3 Å². The number of phenols is 1. The molecule has 1 aromatic heterocycles. The molecule has 9 nitrogen and oxygen atoms in total. The third-order valence-corrected chi connectivity index (χ3v) is 6.50. The predicted molar refractivity (Wildman–Crippen MR) is 133 cm³/mol. The van der Waals surface area contributed by atoms with E-state index < -0.39 is 0 Å². The van der Waals surface area contributed by atoms with E-state index in [2.05, 4.69) is 20.2 Å². The number of hydrogen-bond donors (Lipinski definition) is 2. The standard InChI is InChI=1S/C23H22Cl2N6O3/c1-29-21-14(13-31(23(29)33)20-17(24)6-7-18(32)19(20)25)12-26-22(28-21)27-15-2-4-16(5-3-15)30-8-10-34-11-9-30/h2-7,12,32H,8-11,13H2,1H3,(H,26,27,28). The maximum Gasteiger partial charge on any atom is 0.330 e. The van der Waals surface area contributed by atoms with Gasteiger partial charge in [0.15, 0.2) is 0 Å². The fourth-order valence-electron chi connectivity index (χ4n) is 4.03. The van der Waals surface area contributed by atoms with Gasteiger partial charge < -0.3 is 20.1 Å². The zero-order chi connectivity index (χ0) is 23.8. The maximum absolute atomic E-state index is 13.1. The Morgan fingerprint density at radius 3 is 2.56 bits per heavy atom. The SMILES string of the molecule is CN1C(=O)N(c2c(Cl)ccc(O)c2Cl)Cc2cnc(Nc3ccc(N4CCOCC4)cc3)nc21. The van der Waals surface area contributed by atoms with Crippen LogP contribution in [0, 0.1) is 0 Å². The lowest BCUT2D eigenvalue weighted by Crippen LogP contribution is -2.46. The third-order valence-electron chi connectivity index (χ3n) is 5.82. The summed E-state index contributed by atoms with van der Waals surface area (Å²) in [5.74, 6) is 0.702. The van der Waals surface area contributed by atoms with Crippen LogP contribution in [0.3, 0.4) is 0 Å². The summed E-state index contributed by atoms with van der Waals surface area (Å²) in [4.78, 5) is 27.2. The molecule has 3 heterocycles. The summed E-state index contributed by atoms with van der Waals surface area (Å²) in [6, 6.07) is 10.5. The molecule has 34 heavy (non-hydrogen) atoms. The van der Waals surface area contributed by atoms with Gasteiger partial charge in [-0.2, -0.15) is 4.98 Å². The molecule has 2 aromatic carbocycles. The van der Waals surface area contributed by atoms with Crippen molar-refractivity contribution in [1.82, 2.24) is 9.97 Å². The van der Waals surface area contributed by atoms with Crippen molar-refractivity contribution >= 4 is 58.1 Å². The molecule has 2 N–H and O–H groups in total. The van der Waals surface area contributed by atoms with E-state index in [1.807, 2.05) is 24.3 Å². The van der Waals surface area contributed by atoms with Crippen molar-refractivity contribution in [2.45, 2.75) is 6.54 Å². The van der Waals surface area contributed by atoms with Crippen molar-refractivity contribution in [3.8, 4) is 5.75 Å². The Morgan fingerprint density at radius 2 is 1.82 bits per heavy atom. The third kappa shape index (κ3) is 4.18. The van der Waals surface area contributed by atoms with Gasteiger partial charge in [-0.1, -0.05) is 23.2 Å². The number of aromatic nitrogens is 2. The number of carbonyl (C=O) groups is 1. The van der Waals surface area contributed by atoms with Crippen molar-refractivity contribution in [3.63, 3.8) is 0 Å². The van der Waals surface area contributed by atoms with E-state index >= 15 is 0 Å². The highest BCUT2D eigenvalue weighted by Crippen LogP contribution is 2.42. The molecular formula is C23H22Cl2N6O3. The normalized spacial score (nSPS) is 16.0. The van der Waals surface area contributed by atoms with Gasteiger partial charge in [-0.3, -0.25) is 9.80 Å². The van der Waals surface area contributed by atoms with E-state index in [1.165, 1.54) is 21.9 Å². The van der Waals surface area contributed by atoms with Crippen molar-refractivity contribution in [2.75, 3.05) is 53.4 Å². The van der Waals surface area contributed by atoms with Gasteiger partial charge in [0.05, 0.1) is 30.5 Å². The Morgan fingerprint density at radius 1 is 1.09 bits per heavy atom. The average Bonchev–Trinajstić information content (AvgIpc) is 2.86. The maximum atomic E-state index is 13.1. The number of halogens is 2. The number of nitrogens with zero attached hydrogens (tertiary/aromatic N) is 5. The summed E-state index contributed by atoms with van der Waals surface area (Å²) in [6.07, 6.45) is 1.66. The lowest BCUT2D eigenvalue weighted by Gasteiger charge is -2.34. The molecule has 3 aromatic rings. The molecule has 2 amide bonds. The van der Waals surface area contributed by atoms with Crippen LogP contribution in [0.2, 0.25) is 10.0 Å². The highest BCUT2D eigenvalue weighted by atomic mass is 35.5. The molecule has 0 unspecified atom stereocenters. The first-order valence-electron chi connectivity index (χ1n) is 10.7. The monoisotopic (exact) mass is 500 g/mol. The average molecular weight is 501 g/mol. The highest BCUT2D eigenvalue weighted by Gasteiger charge is 2.33. The number of carbonyl (C=O) groups excluding carboxylic acids is 1. The summed E-state index contributed by atoms with van der Waals surface area (Å²) < 4.78 is 5.41. The number of nitrogens with one attached hydrogen (secondary N) is 1. The van der Waals surface area contributed by atoms with E-state index in [4.69, 9.17) is 27.9 Å². The number of ether oxygens (including phenoxy) is 1. The van der Waals surface area contributed by atoms with Crippen molar-refractivity contribution in [3.05, 3.63) is 58.2 Å². The first kappa shape index (κ1) is 22.5. The number of benzene rings is 2. The van der Waals surface area contributed by atoms with Gasteiger partial charge in [0.2, 0.25) is 5.95 Å². The fraction of sp³-hybridized carbons (Fsp3) is 0.261. The second kappa shape index (κ2) is 9.17. The van der Waals surface area contributed by atoms with Crippen LogP contribution in [0.4, 0.5) is 33.6 Å². The molecule has 0 radical (unpaired) electrons. The van der Waals surface area contributed by atoms with Crippen molar-refractivity contribution in [1.29, 1.82) is 0 Å². The van der Waals surface area contributed by atoms with E-state index in [0.717, 1.165) is 37.7 Å². The minimum absolute atomic E-state index is 0.0115. The van der Waals surface area contributed by atoms with Crippen LogP contribution < -0.4 is 20.0 Å². The smallest absolute Gasteiger partial charge is 0.330 e. The Balaban J connectivity index is 1.37. The van der Waals surface area contributed by atoms with Gasteiger partial charge in [-0.15, -0.1) is 0 Å². The molecule has 176 valence electrons. The van der Waals surface area contributed by atoms with Crippen LogP contribution in [0.25, 0.3) is 0 Å². The molecule has 0 spiro atoms. The second-order valence-electron chi connectivity index (χ2n) is 7.97.